The van der Waals surface area contributed by atoms with Gasteiger partial charge in [0.05, 0.1) is 12.6 Å². The molecule has 12 atom stereocenters. The number of aliphatic hydroxyl groups is 1. The van der Waals surface area contributed by atoms with Crippen LogP contribution in [0.4, 0.5) is 0 Å². The van der Waals surface area contributed by atoms with Crippen LogP contribution in [0.2, 0.25) is 0 Å². The average molecular weight is 1190 g/mol. The molecule has 0 aromatic carbocycles. The quantitative estimate of drug-likeness (QED) is 0.157. The highest BCUT2D eigenvalue weighted by atomic mass is 16.3. The van der Waals surface area contributed by atoms with Crippen molar-refractivity contribution < 1.29 is 57.8 Å². The number of nitrogens with zero attached hydrogens (tertiary/aromatic N) is 7. The summed E-state index contributed by atoms with van der Waals surface area (Å²) in [5.41, 5.74) is 0. The van der Waals surface area contributed by atoms with E-state index in [0.717, 1.165) is 9.80 Å². The Bertz CT molecular complexity index is 2310. The lowest BCUT2D eigenvalue weighted by atomic mass is 9.91. The van der Waals surface area contributed by atoms with Crippen molar-refractivity contribution >= 4 is 65.0 Å². The number of allylic oxidation sites excluding steroid dienone is 2. The standard InChI is InChI=1S/C61H109N11O12/c1-25-26-27-39(14)51(74)50-55(78)64-41(16)56(79)66(18)32-47(73)67(19)43(28-33(2)3)54(77)65-48(37(10)11)60(83)68(20)44(29-34(4)5)53(76)62-40(15)52(75)63-42(17)57(80)69(21)45(30-35(6)7)58(81)70(22)46(31-36(8)9)59(82)71(23)49(38(12)13)61(84)72(50)24/h25-26,33-46,48-51,74H,27-32H2,1-24H3,(H,62,76)(H,63,75)(H,64,78)(H,65,77)/b26-25+/t39-,40-,41-,42-,43-,44-,45-,46-,48-,49-,50-,51+/m1/s1. The highest BCUT2D eigenvalue weighted by Gasteiger charge is 2.45. The molecule has 1 rings (SSSR count). The molecule has 0 aromatic heterocycles. The van der Waals surface area contributed by atoms with Crippen LogP contribution >= 0.6 is 0 Å². The van der Waals surface area contributed by atoms with Gasteiger partial charge in [-0.2, -0.15) is 0 Å². The van der Waals surface area contributed by atoms with Gasteiger partial charge in [-0.3, -0.25) is 52.7 Å². The van der Waals surface area contributed by atoms with E-state index in [-0.39, 0.29) is 49.4 Å². The molecule has 84 heavy (non-hydrogen) atoms. The molecule has 1 fully saturated rings. The Labute approximate surface area is 502 Å². The molecule has 480 valence electrons. The molecule has 0 bridgehead atoms. The Kier molecular flexibility index (Phi) is 30.8. The zero-order valence-corrected chi connectivity index (χ0v) is 55.4. The highest BCUT2D eigenvalue weighted by molar-refractivity contribution is 5.99. The first-order valence-electron chi connectivity index (χ1n) is 30.0. The minimum atomic E-state index is -1.61. The second kappa shape index (κ2) is 34.1. The Morgan fingerprint density at radius 2 is 0.810 bits per heavy atom. The van der Waals surface area contributed by atoms with Crippen LogP contribution in [0.1, 0.15) is 150 Å². The molecule has 5 N–H and O–H groups in total. The third-order valence-corrected chi connectivity index (χ3v) is 15.8. The number of hydrogen-bond acceptors (Lipinski definition) is 12. The van der Waals surface area contributed by atoms with Crippen molar-refractivity contribution in [2.24, 2.45) is 41.4 Å². The largest absolute Gasteiger partial charge is 0.390 e. The van der Waals surface area contributed by atoms with Crippen LogP contribution in [0, 0.1) is 41.4 Å². The van der Waals surface area contributed by atoms with Crippen LogP contribution in [0.5, 0.6) is 0 Å². The van der Waals surface area contributed by atoms with E-state index in [1.165, 1.54) is 94.6 Å². The summed E-state index contributed by atoms with van der Waals surface area (Å²) >= 11 is 0. The van der Waals surface area contributed by atoms with E-state index >= 15 is 9.59 Å². The van der Waals surface area contributed by atoms with Gasteiger partial charge in [0.2, 0.25) is 65.0 Å². The molecule has 0 aromatic rings. The Morgan fingerprint density at radius 3 is 1.26 bits per heavy atom. The number of aliphatic hydroxyl groups excluding tert-OH is 1. The molecular weight excluding hydrogens is 1080 g/mol. The van der Waals surface area contributed by atoms with Crippen LogP contribution in [-0.4, -0.2) is 227 Å². The lowest BCUT2D eigenvalue weighted by Crippen LogP contribution is -2.63. The number of likely N-dealkylation sites (N-methyl/N-ethyl adjacent to an activating group) is 7. The molecule has 0 unspecified atom stereocenters. The Hall–Kier alpha value is -6.13. The first-order chi connectivity index (χ1) is 38.7. The van der Waals surface area contributed by atoms with Gasteiger partial charge < -0.3 is 60.7 Å². The van der Waals surface area contributed by atoms with Crippen molar-refractivity contribution in [3.63, 3.8) is 0 Å². The van der Waals surface area contributed by atoms with Crippen LogP contribution in [0.3, 0.4) is 0 Å². The zero-order chi connectivity index (χ0) is 65.3. The van der Waals surface area contributed by atoms with Crippen LogP contribution in [0.15, 0.2) is 12.2 Å². The summed E-state index contributed by atoms with van der Waals surface area (Å²) in [5.74, 6) is -9.78. The van der Waals surface area contributed by atoms with Gasteiger partial charge in [0.15, 0.2) is 0 Å². The maximum Gasteiger partial charge on any atom is 0.246 e. The molecule has 23 heteroatoms. The summed E-state index contributed by atoms with van der Waals surface area (Å²) in [6, 6.07) is -12.4. The third-order valence-electron chi connectivity index (χ3n) is 15.8. The monoisotopic (exact) mass is 1190 g/mol. The van der Waals surface area contributed by atoms with E-state index in [0.29, 0.717) is 6.42 Å². The normalized spacial score (nSPS) is 27.1. The van der Waals surface area contributed by atoms with Gasteiger partial charge in [-0.1, -0.05) is 102 Å². The van der Waals surface area contributed by atoms with Crippen molar-refractivity contribution in [1.29, 1.82) is 0 Å². The van der Waals surface area contributed by atoms with E-state index in [2.05, 4.69) is 21.3 Å². The SMILES string of the molecule is C/C=C/C[C@@H](C)[C@H](O)[C@@H]1C(=O)N[C@H](C)C(=O)N(C)CC(=O)N(C)[C@H](CC(C)C)C(=O)N[C@H](C(C)C)C(=O)N(C)[C@H](CC(C)C)C(=O)N[C@H](C)C(=O)N[C@H](C)C(=O)N(C)[C@H](CC(C)C)C(=O)N(C)[C@H](CC(C)C)C(=O)N(C)[C@H](C(C)C)C(=O)N1C. The summed E-state index contributed by atoms with van der Waals surface area (Å²) in [6.07, 6.45) is 3.00. The Balaban J connectivity index is 4.28. The molecule has 1 saturated heterocycles. The number of amides is 11. The van der Waals surface area contributed by atoms with Crippen LogP contribution in [0.25, 0.3) is 0 Å². The van der Waals surface area contributed by atoms with E-state index in [4.69, 9.17) is 0 Å². The lowest BCUT2D eigenvalue weighted by Gasteiger charge is -2.41. The van der Waals surface area contributed by atoms with Crippen molar-refractivity contribution in [2.75, 3.05) is 55.9 Å². The second-order valence-electron chi connectivity index (χ2n) is 25.9. The predicted octanol–water partition coefficient (Wildman–Crippen LogP) is 2.88. The van der Waals surface area contributed by atoms with Gasteiger partial charge in [-0.05, 0) is 101 Å². The van der Waals surface area contributed by atoms with Crippen molar-refractivity contribution in [1.82, 2.24) is 55.6 Å². The minimum absolute atomic E-state index is 0.129. The number of rotatable bonds is 14. The molecular formula is C61H109N11O12. The molecule has 1 aliphatic heterocycles. The van der Waals surface area contributed by atoms with E-state index in [1.54, 1.807) is 53.7 Å². The first-order valence-corrected chi connectivity index (χ1v) is 30.0. The number of carbonyl (C=O) groups is 11. The lowest BCUT2D eigenvalue weighted by molar-refractivity contribution is -0.157. The topological polar surface area (TPSA) is 279 Å². The summed E-state index contributed by atoms with van der Waals surface area (Å²) in [6.45, 7) is 29.0. The fourth-order valence-corrected chi connectivity index (χ4v) is 10.5. The molecule has 1 aliphatic rings. The average Bonchev–Trinajstić information content (AvgIpc) is 2.58. The van der Waals surface area contributed by atoms with Crippen LogP contribution < -0.4 is 21.3 Å². The summed E-state index contributed by atoms with van der Waals surface area (Å²) in [7, 11) is 9.87. The van der Waals surface area contributed by atoms with E-state index < -0.39 is 156 Å². The third kappa shape index (κ3) is 21.1. The fourth-order valence-electron chi connectivity index (χ4n) is 10.5. The molecule has 23 nitrogen and oxygen atoms in total. The van der Waals surface area contributed by atoms with Gasteiger partial charge >= 0.3 is 0 Å². The van der Waals surface area contributed by atoms with E-state index in [1.807, 2.05) is 55.4 Å². The van der Waals surface area contributed by atoms with Gasteiger partial charge in [0, 0.05) is 49.3 Å². The molecule has 11 amide bonds. The maximum atomic E-state index is 15.1. The Morgan fingerprint density at radius 1 is 0.429 bits per heavy atom. The van der Waals surface area contributed by atoms with Crippen molar-refractivity contribution in [3.8, 4) is 0 Å². The second-order valence-corrected chi connectivity index (χ2v) is 25.9. The zero-order valence-electron chi connectivity index (χ0n) is 55.4. The van der Waals surface area contributed by atoms with Gasteiger partial charge in [0.1, 0.15) is 60.4 Å². The number of hydrogen-bond donors (Lipinski definition) is 5. The minimum Gasteiger partial charge on any atom is -0.390 e. The van der Waals surface area contributed by atoms with Gasteiger partial charge in [-0.25, -0.2) is 0 Å². The van der Waals surface area contributed by atoms with Gasteiger partial charge in [-0.15, -0.1) is 0 Å². The predicted molar refractivity (Wildman–Crippen MR) is 324 cm³/mol. The smallest absolute Gasteiger partial charge is 0.246 e. The molecule has 0 saturated carbocycles. The maximum absolute atomic E-state index is 15.1. The molecule has 0 radical (unpaired) electrons. The van der Waals surface area contributed by atoms with Gasteiger partial charge in [0.25, 0.3) is 0 Å². The van der Waals surface area contributed by atoms with Crippen LogP contribution in [-0.2, 0) is 52.7 Å². The summed E-state index contributed by atoms with van der Waals surface area (Å²) in [4.78, 5) is 168. The van der Waals surface area contributed by atoms with Crippen molar-refractivity contribution in [3.05, 3.63) is 12.2 Å². The fraction of sp³-hybridized carbons (Fsp3) is 0.787. The number of nitrogens with one attached hydrogen (secondary N) is 4. The summed E-state index contributed by atoms with van der Waals surface area (Å²) in [5, 5.41) is 22.9. The highest BCUT2D eigenvalue weighted by Crippen LogP contribution is 2.25. The molecule has 0 spiro atoms. The van der Waals surface area contributed by atoms with E-state index in [9.17, 15) is 48.3 Å². The first kappa shape index (κ1) is 75.9. The van der Waals surface area contributed by atoms with Crippen molar-refractivity contribution in [2.45, 2.75) is 216 Å². The number of carbonyl (C=O) groups excluding carboxylic acids is 11. The molecule has 0 aliphatic carbocycles. The molecule has 1 heterocycles. The summed E-state index contributed by atoms with van der Waals surface area (Å²) < 4.78 is 0.